The quantitative estimate of drug-likeness (QED) is 0.807. The molecule has 0 aliphatic rings. The molecule has 4 nitrogen and oxygen atoms in total. The predicted molar refractivity (Wildman–Crippen MR) is 61.3 cm³/mol. The second-order valence-corrected chi connectivity index (χ2v) is 3.56. The predicted octanol–water partition coefficient (Wildman–Crippen LogP) is 0.905. The number of hydrogen-bond donors (Lipinski definition) is 1. The molecule has 0 aliphatic carbocycles. The summed E-state index contributed by atoms with van der Waals surface area (Å²) in [6, 6.07) is 9.19. The van der Waals surface area contributed by atoms with Crippen molar-refractivity contribution >= 4 is 5.91 Å². The number of carbonyl (C=O) groups excluding carboxylic acids is 1. The molecule has 0 bridgehead atoms. The first-order chi connectivity index (χ1) is 7.65. The van der Waals surface area contributed by atoms with Crippen LogP contribution in [0.25, 0.3) is 0 Å². The van der Waals surface area contributed by atoms with Crippen molar-refractivity contribution in [1.29, 1.82) is 0 Å². The molecule has 1 N–H and O–H groups in total. The van der Waals surface area contributed by atoms with Crippen LogP contribution in [-0.4, -0.2) is 42.2 Å². The Balaban J connectivity index is 2.52. The van der Waals surface area contributed by atoms with Crippen molar-refractivity contribution < 1.29 is 14.6 Å². The molecule has 4 heteroatoms. The monoisotopic (exact) mass is 223 g/mol. The van der Waals surface area contributed by atoms with E-state index in [-0.39, 0.29) is 12.5 Å². The number of likely N-dealkylation sites (N-methyl/N-ethyl adjacent to an activating group) is 1. The third-order valence-corrected chi connectivity index (χ3v) is 2.22. The Morgan fingerprint density at radius 1 is 1.44 bits per heavy atom. The normalized spacial score (nSPS) is 11.9. The van der Waals surface area contributed by atoms with Gasteiger partial charge in [0.05, 0.1) is 6.61 Å². The topological polar surface area (TPSA) is 49.8 Å². The number of aliphatic hydroxyl groups excluding tert-OH is 1. The van der Waals surface area contributed by atoms with Gasteiger partial charge in [-0.15, -0.1) is 0 Å². The van der Waals surface area contributed by atoms with Crippen LogP contribution in [0.5, 0.6) is 5.75 Å². The average molecular weight is 223 g/mol. The zero-order chi connectivity index (χ0) is 12.0. The summed E-state index contributed by atoms with van der Waals surface area (Å²) in [6.07, 6.45) is -0.543. The maximum Gasteiger partial charge on any atom is 0.263 e. The fraction of sp³-hybridized carbons (Fsp3) is 0.417. The maximum atomic E-state index is 11.7. The van der Waals surface area contributed by atoms with Gasteiger partial charge in [-0.2, -0.15) is 0 Å². The van der Waals surface area contributed by atoms with Crippen molar-refractivity contribution in [2.75, 3.05) is 20.2 Å². The maximum absolute atomic E-state index is 11.7. The number of carbonyl (C=O) groups is 1. The van der Waals surface area contributed by atoms with Crippen LogP contribution in [0.2, 0.25) is 0 Å². The Labute approximate surface area is 95.5 Å². The molecule has 0 aliphatic heterocycles. The molecule has 0 radical (unpaired) electrons. The summed E-state index contributed by atoms with van der Waals surface area (Å²) < 4.78 is 5.47. The summed E-state index contributed by atoms with van der Waals surface area (Å²) in [7, 11) is 1.64. The first-order valence-corrected chi connectivity index (χ1v) is 5.22. The van der Waals surface area contributed by atoms with Crippen LogP contribution in [0.3, 0.4) is 0 Å². The lowest BCUT2D eigenvalue weighted by Crippen LogP contribution is -2.39. The first kappa shape index (κ1) is 12.5. The minimum absolute atomic E-state index is 0.0414. The summed E-state index contributed by atoms with van der Waals surface area (Å²) in [5, 5.41) is 8.72. The highest BCUT2D eigenvalue weighted by Gasteiger charge is 2.18. The zero-order valence-corrected chi connectivity index (χ0v) is 9.59. The molecule has 1 rings (SSSR count). The van der Waals surface area contributed by atoms with E-state index in [1.54, 1.807) is 26.1 Å². The van der Waals surface area contributed by atoms with Gasteiger partial charge in [0.1, 0.15) is 5.75 Å². The van der Waals surface area contributed by atoms with Gasteiger partial charge in [0, 0.05) is 13.6 Å². The Morgan fingerprint density at radius 2 is 2.06 bits per heavy atom. The highest BCUT2D eigenvalue weighted by Crippen LogP contribution is 2.11. The van der Waals surface area contributed by atoms with Crippen LogP contribution in [0.1, 0.15) is 6.92 Å². The molecular weight excluding hydrogens is 206 g/mol. The molecule has 0 spiro atoms. The molecule has 0 aromatic heterocycles. The average Bonchev–Trinajstić information content (AvgIpc) is 2.29. The Bertz CT molecular complexity index is 326. The van der Waals surface area contributed by atoms with Gasteiger partial charge in [-0.1, -0.05) is 18.2 Å². The fourth-order valence-corrected chi connectivity index (χ4v) is 1.32. The second-order valence-electron chi connectivity index (χ2n) is 3.56. The number of amides is 1. The van der Waals surface area contributed by atoms with Crippen LogP contribution in [0.15, 0.2) is 30.3 Å². The lowest BCUT2D eigenvalue weighted by Gasteiger charge is -2.21. The largest absolute Gasteiger partial charge is 0.481 e. The minimum atomic E-state index is -0.543. The van der Waals surface area contributed by atoms with E-state index in [9.17, 15) is 4.79 Å². The van der Waals surface area contributed by atoms with E-state index < -0.39 is 6.10 Å². The van der Waals surface area contributed by atoms with E-state index in [0.29, 0.717) is 12.3 Å². The first-order valence-electron chi connectivity index (χ1n) is 5.22. The Morgan fingerprint density at radius 3 is 2.62 bits per heavy atom. The smallest absolute Gasteiger partial charge is 0.263 e. The lowest BCUT2D eigenvalue weighted by atomic mass is 10.3. The second kappa shape index (κ2) is 6.12. The molecule has 1 atom stereocenters. The van der Waals surface area contributed by atoms with E-state index >= 15 is 0 Å². The number of para-hydroxylation sites is 1. The summed E-state index contributed by atoms with van der Waals surface area (Å²) in [5.41, 5.74) is 0. The summed E-state index contributed by atoms with van der Waals surface area (Å²) in [6.45, 7) is 1.98. The number of nitrogens with zero attached hydrogens (tertiary/aromatic N) is 1. The van der Waals surface area contributed by atoms with Gasteiger partial charge in [-0.3, -0.25) is 4.79 Å². The number of benzene rings is 1. The van der Waals surface area contributed by atoms with Crippen LogP contribution in [0, 0.1) is 0 Å². The van der Waals surface area contributed by atoms with Crippen LogP contribution in [0.4, 0.5) is 0 Å². The van der Waals surface area contributed by atoms with Crippen molar-refractivity contribution in [3.05, 3.63) is 30.3 Å². The fourth-order valence-electron chi connectivity index (χ4n) is 1.32. The summed E-state index contributed by atoms with van der Waals surface area (Å²) in [5.74, 6) is 0.527. The number of rotatable bonds is 5. The van der Waals surface area contributed by atoms with E-state index in [2.05, 4.69) is 0 Å². The van der Waals surface area contributed by atoms with Crippen LogP contribution >= 0.6 is 0 Å². The summed E-state index contributed by atoms with van der Waals surface area (Å²) in [4.78, 5) is 13.2. The van der Waals surface area contributed by atoms with E-state index in [0.717, 1.165) is 0 Å². The van der Waals surface area contributed by atoms with Crippen LogP contribution in [-0.2, 0) is 4.79 Å². The standard InChI is InChI=1S/C12H17NO3/c1-10(12(15)13(2)8-9-14)16-11-6-4-3-5-7-11/h3-7,10,14H,8-9H2,1-2H3. The molecule has 0 saturated carbocycles. The number of aliphatic hydroxyl groups is 1. The highest BCUT2D eigenvalue weighted by molar-refractivity contribution is 5.80. The molecule has 0 fully saturated rings. The van der Waals surface area contributed by atoms with Gasteiger partial charge in [0.2, 0.25) is 0 Å². The van der Waals surface area contributed by atoms with Crippen molar-refractivity contribution in [2.45, 2.75) is 13.0 Å². The van der Waals surface area contributed by atoms with Gasteiger partial charge in [0.15, 0.2) is 6.10 Å². The number of hydrogen-bond acceptors (Lipinski definition) is 3. The molecule has 1 unspecified atom stereocenters. The Kier molecular flexibility index (Phi) is 4.79. The lowest BCUT2D eigenvalue weighted by molar-refractivity contribution is -0.137. The summed E-state index contributed by atoms with van der Waals surface area (Å²) >= 11 is 0. The van der Waals surface area contributed by atoms with Crippen molar-refractivity contribution in [3.63, 3.8) is 0 Å². The SMILES string of the molecule is CC(Oc1ccccc1)C(=O)N(C)CCO. The minimum Gasteiger partial charge on any atom is -0.481 e. The highest BCUT2D eigenvalue weighted by atomic mass is 16.5. The van der Waals surface area contributed by atoms with E-state index in [4.69, 9.17) is 9.84 Å². The molecule has 0 saturated heterocycles. The zero-order valence-electron chi connectivity index (χ0n) is 9.59. The third-order valence-electron chi connectivity index (χ3n) is 2.22. The van der Waals surface area contributed by atoms with E-state index in [1.165, 1.54) is 4.90 Å². The van der Waals surface area contributed by atoms with Crippen molar-refractivity contribution in [3.8, 4) is 5.75 Å². The number of ether oxygens (including phenoxy) is 1. The molecular formula is C12H17NO3. The molecule has 88 valence electrons. The molecule has 16 heavy (non-hydrogen) atoms. The van der Waals surface area contributed by atoms with Crippen molar-refractivity contribution in [1.82, 2.24) is 4.90 Å². The Hall–Kier alpha value is -1.55. The van der Waals surface area contributed by atoms with E-state index in [1.807, 2.05) is 18.2 Å². The van der Waals surface area contributed by atoms with Gasteiger partial charge in [0.25, 0.3) is 5.91 Å². The molecule has 1 aromatic carbocycles. The van der Waals surface area contributed by atoms with Gasteiger partial charge >= 0.3 is 0 Å². The van der Waals surface area contributed by atoms with Gasteiger partial charge in [-0.25, -0.2) is 0 Å². The molecule has 0 heterocycles. The molecule has 1 aromatic rings. The molecule has 1 amide bonds. The third kappa shape index (κ3) is 3.55. The van der Waals surface area contributed by atoms with Gasteiger partial charge in [-0.05, 0) is 19.1 Å². The van der Waals surface area contributed by atoms with Crippen LogP contribution < -0.4 is 4.74 Å². The van der Waals surface area contributed by atoms with Crippen molar-refractivity contribution in [2.24, 2.45) is 0 Å². The van der Waals surface area contributed by atoms with Gasteiger partial charge < -0.3 is 14.7 Å².